The van der Waals surface area contributed by atoms with Crippen LogP contribution in [0.3, 0.4) is 0 Å². The van der Waals surface area contributed by atoms with Gasteiger partial charge in [-0.3, -0.25) is 4.40 Å². The van der Waals surface area contributed by atoms with Crippen molar-refractivity contribution in [2.75, 3.05) is 11.5 Å². The molecule has 0 bridgehead atoms. The molecule has 0 saturated heterocycles. The minimum absolute atomic E-state index is 0.00871. The van der Waals surface area contributed by atoms with Crippen molar-refractivity contribution in [1.29, 1.82) is 5.26 Å². The molecule has 2 rings (SSSR count). The SMILES string of the molecule is CCS(=O)(=O)c1c(N)nc2ccc(C(C)(C)C#N)cn12. The summed E-state index contributed by atoms with van der Waals surface area (Å²) in [5.41, 5.74) is 6.17. The number of fused-ring (bicyclic) bond motifs is 1. The zero-order valence-corrected chi connectivity index (χ0v) is 12.4. The summed E-state index contributed by atoms with van der Waals surface area (Å²) in [5.74, 6) is -0.0737. The molecule has 2 N–H and O–H groups in total. The molecule has 2 heterocycles. The number of anilines is 1. The van der Waals surface area contributed by atoms with E-state index in [2.05, 4.69) is 11.1 Å². The number of rotatable bonds is 3. The lowest BCUT2D eigenvalue weighted by molar-refractivity contribution is 0.592. The van der Waals surface area contributed by atoms with Gasteiger partial charge in [-0.2, -0.15) is 5.26 Å². The number of nitrogen functional groups attached to an aromatic ring is 1. The minimum Gasteiger partial charge on any atom is -0.381 e. The van der Waals surface area contributed by atoms with Crippen LogP contribution in [0, 0.1) is 11.3 Å². The first-order valence-corrected chi connectivity index (χ1v) is 7.80. The molecule has 0 unspecified atom stereocenters. The number of nitrogens with two attached hydrogens (primary N) is 1. The fourth-order valence-corrected chi connectivity index (χ4v) is 3.01. The smallest absolute Gasteiger partial charge is 0.197 e. The lowest BCUT2D eigenvalue weighted by Crippen LogP contribution is -2.16. The van der Waals surface area contributed by atoms with Crippen LogP contribution in [-0.4, -0.2) is 23.6 Å². The summed E-state index contributed by atoms with van der Waals surface area (Å²) in [6.45, 7) is 5.09. The Morgan fingerprint density at radius 2 is 2.10 bits per heavy atom. The largest absolute Gasteiger partial charge is 0.381 e. The van der Waals surface area contributed by atoms with Crippen LogP contribution in [0.1, 0.15) is 26.3 Å². The van der Waals surface area contributed by atoms with Crippen LogP contribution >= 0.6 is 0 Å². The van der Waals surface area contributed by atoms with E-state index in [0.29, 0.717) is 11.2 Å². The predicted molar refractivity (Wildman–Crippen MR) is 76.0 cm³/mol. The van der Waals surface area contributed by atoms with E-state index in [1.807, 2.05) is 0 Å². The van der Waals surface area contributed by atoms with Crippen molar-refractivity contribution in [2.24, 2.45) is 0 Å². The number of aromatic nitrogens is 2. The molecule has 0 aliphatic heterocycles. The molecule has 0 radical (unpaired) electrons. The van der Waals surface area contributed by atoms with E-state index in [9.17, 15) is 13.7 Å². The van der Waals surface area contributed by atoms with Crippen LogP contribution < -0.4 is 5.73 Å². The molecule has 0 saturated carbocycles. The van der Waals surface area contributed by atoms with E-state index in [1.54, 1.807) is 39.1 Å². The van der Waals surface area contributed by atoms with Crippen molar-refractivity contribution in [3.05, 3.63) is 23.9 Å². The third kappa shape index (κ3) is 2.12. The zero-order chi connectivity index (χ0) is 15.1. The monoisotopic (exact) mass is 292 g/mol. The molecule has 0 atom stereocenters. The first-order valence-electron chi connectivity index (χ1n) is 6.15. The fourth-order valence-electron chi connectivity index (χ4n) is 1.92. The molecule has 106 valence electrons. The quantitative estimate of drug-likeness (QED) is 0.924. The molecular formula is C13H16N4O2S. The highest BCUT2D eigenvalue weighted by molar-refractivity contribution is 7.91. The molecule has 0 aliphatic rings. The first kappa shape index (κ1) is 14.3. The Balaban J connectivity index is 2.82. The molecule has 0 amide bonds. The minimum atomic E-state index is -3.49. The van der Waals surface area contributed by atoms with Gasteiger partial charge in [-0.1, -0.05) is 13.0 Å². The molecule has 2 aromatic rings. The Bertz CT molecular complexity index is 813. The molecule has 7 heteroatoms. The zero-order valence-electron chi connectivity index (χ0n) is 11.6. The summed E-state index contributed by atoms with van der Waals surface area (Å²) in [6.07, 6.45) is 1.62. The summed E-state index contributed by atoms with van der Waals surface area (Å²) in [6, 6.07) is 5.61. The first-order chi connectivity index (χ1) is 9.23. The van der Waals surface area contributed by atoms with Crippen molar-refractivity contribution in [1.82, 2.24) is 9.38 Å². The number of hydrogen-bond acceptors (Lipinski definition) is 5. The summed E-state index contributed by atoms with van der Waals surface area (Å²) >= 11 is 0. The highest BCUT2D eigenvalue weighted by atomic mass is 32.2. The third-order valence-electron chi connectivity index (χ3n) is 3.28. The van der Waals surface area contributed by atoms with E-state index in [-0.39, 0.29) is 16.6 Å². The number of pyridine rings is 1. The number of sulfone groups is 1. The highest BCUT2D eigenvalue weighted by Crippen LogP contribution is 2.26. The molecule has 0 fully saturated rings. The highest BCUT2D eigenvalue weighted by Gasteiger charge is 2.25. The lowest BCUT2D eigenvalue weighted by Gasteiger charge is -2.16. The second-order valence-electron chi connectivity index (χ2n) is 5.09. The van der Waals surface area contributed by atoms with Gasteiger partial charge in [0.15, 0.2) is 20.7 Å². The Labute approximate surface area is 117 Å². The predicted octanol–water partition coefficient (Wildman–Crippen LogP) is 1.51. The van der Waals surface area contributed by atoms with E-state index >= 15 is 0 Å². The van der Waals surface area contributed by atoms with Gasteiger partial charge >= 0.3 is 0 Å². The van der Waals surface area contributed by atoms with Crippen LogP contribution in [0.2, 0.25) is 0 Å². The van der Waals surface area contributed by atoms with Crippen molar-refractivity contribution >= 4 is 21.3 Å². The van der Waals surface area contributed by atoms with Crippen LogP contribution in [-0.2, 0) is 15.3 Å². The van der Waals surface area contributed by atoms with E-state index in [0.717, 1.165) is 0 Å². The van der Waals surface area contributed by atoms with Crippen LogP contribution in [0.25, 0.3) is 5.65 Å². The van der Waals surface area contributed by atoms with Gasteiger partial charge in [0.2, 0.25) is 0 Å². The van der Waals surface area contributed by atoms with E-state index in [4.69, 9.17) is 5.73 Å². The third-order valence-corrected chi connectivity index (χ3v) is 5.03. The van der Waals surface area contributed by atoms with Gasteiger partial charge in [-0.15, -0.1) is 0 Å². The molecule has 2 aromatic heterocycles. The maximum atomic E-state index is 12.1. The van der Waals surface area contributed by atoms with Crippen LogP contribution in [0.4, 0.5) is 5.82 Å². The average Bonchev–Trinajstić information content (AvgIpc) is 2.74. The molecule has 20 heavy (non-hydrogen) atoms. The summed E-state index contributed by atoms with van der Waals surface area (Å²) in [7, 11) is -3.49. The number of hydrogen-bond donors (Lipinski definition) is 1. The van der Waals surface area contributed by atoms with Crippen molar-refractivity contribution in [3.8, 4) is 6.07 Å². The molecule has 0 aromatic carbocycles. The average molecular weight is 292 g/mol. The van der Waals surface area contributed by atoms with Gasteiger partial charge in [0, 0.05) is 6.20 Å². The fraction of sp³-hybridized carbons (Fsp3) is 0.385. The van der Waals surface area contributed by atoms with E-state index in [1.165, 1.54) is 4.40 Å². The lowest BCUT2D eigenvalue weighted by atomic mass is 9.88. The van der Waals surface area contributed by atoms with Crippen molar-refractivity contribution in [3.63, 3.8) is 0 Å². The number of imidazole rings is 1. The second kappa shape index (κ2) is 4.49. The van der Waals surface area contributed by atoms with Gasteiger partial charge in [0.1, 0.15) is 5.65 Å². The Hall–Kier alpha value is -2.07. The van der Waals surface area contributed by atoms with Crippen LogP contribution in [0.5, 0.6) is 0 Å². The Morgan fingerprint density at radius 1 is 1.45 bits per heavy atom. The van der Waals surface area contributed by atoms with Crippen LogP contribution in [0.15, 0.2) is 23.4 Å². The summed E-state index contributed by atoms with van der Waals surface area (Å²) in [5, 5.41) is 9.17. The number of nitrogens with zero attached hydrogens (tertiary/aromatic N) is 3. The second-order valence-corrected chi connectivity index (χ2v) is 7.28. The normalized spacial score (nSPS) is 12.5. The Morgan fingerprint density at radius 3 is 2.65 bits per heavy atom. The standard InChI is InChI=1S/C13H16N4O2S/c1-4-20(18,19)12-11(15)16-10-6-5-9(7-17(10)12)13(2,3)8-14/h5-7H,4,15H2,1-3H3. The number of nitriles is 1. The van der Waals surface area contributed by atoms with Crippen molar-refractivity contribution in [2.45, 2.75) is 31.2 Å². The molecule has 6 nitrogen and oxygen atoms in total. The van der Waals surface area contributed by atoms with Gasteiger partial charge in [-0.25, -0.2) is 13.4 Å². The van der Waals surface area contributed by atoms with Crippen molar-refractivity contribution < 1.29 is 8.42 Å². The Kier molecular flexibility index (Phi) is 3.22. The summed E-state index contributed by atoms with van der Waals surface area (Å²) in [4.78, 5) is 4.06. The van der Waals surface area contributed by atoms with Gasteiger partial charge in [-0.05, 0) is 25.5 Å². The molecule has 0 aliphatic carbocycles. The summed E-state index contributed by atoms with van der Waals surface area (Å²) < 4.78 is 25.7. The van der Waals surface area contributed by atoms with E-state index < -0.39 is 15.3 Å². The molecule has 0 spiro atoms. The maximum Gasteiger partial charge on any atom is 0.197 e. The molecular weight excluding hydrogens is 276 g/mol. The van der Waals surface area contributed by atoms with Gasteiger partial charge in [0.05, 0.1) is 17.2 Å². The van der Waals surface area contributed by atoms with Gasteiger partial charge < -0.3 is 5.73 Å². The van der Waals surface area contributed by atoms with Gasteiger partial charge in [0.25, 0.3) is 0 Å². The maximum absolute atomic E-state index is 12.1. The topological polar surface area (TPSA) is 101 Å².